The second kappa shape index (κ2) is 5.23. The molecule has 2 fully saturated rings. The lowest BCUT2D eigenvalue weighted by molar-refractivity contribution is 0.125. The van der Waals surface area contributed by atoms with Gasteiger partial charge in [-0.25, -0.2) is 9.78 Å². The van der Waals surface area contributed by atoms with E-state index in [1.807, 2.05) is 34.7 Å². The lowest BCUT2D eigenvalue weighted by Crippen LogP contribution is -2.45. The topological polar surface area (TPSA) is 76.2 Å². The molecule has 1 saturated heterocycles. The van der Waals surface area contributed by atoms with Crippen LogP contribution < -0.4 is 11.1 Å². The van der Waals surface area contributed by atoms with Crippen LogP contribution in [0.5, 0.6) is 0 Å². The van der Waals surface area contributed by atoms with Crippen LogP contribution in [0.15, 0.2) is 24.5 Å². The van der Waals surface area contributed by atoms with E-state index in [0.29, 0.717) is 13.1 Å². The van der Waals surface area contributed by atoms with Crippen molar-refractivity contribution in [2.45, 2.75) is 31.8 Å². The number of benzene rings is 1. The maximum atomic E-state index is 12.4. The van der Waals surface area contributed by atoms with Crippen molar-refractivity contribution in [1.82, 2.24) is 19.8 Å². The van der Waals surface area contributed by atoms with E-state index in [9.17, 15) is 4.79 Å². The monoisotopic (exact) mass is 313 g/mol. The number of hydrogen-bond acceptors (Lipinski definition) is 3. The lowest BCUT2D eigenvalue weighted by Gasteiger charge is -2.41. The summed E-state index contributed by atoms with van der Waals surface area (Å²) in [4.78, 5) is 18.6. The molecule has 1 aromatic carbocycles. The first-order valence-corrected chi connectivity index (χ1v) is 8.26. The molecule has 1 unspecified atom stereocenters. The summed E-state index contributed by atoms with van der Waals surface area (Å²) in [5.41, 5.74) is 9.55. The van der Waals surface area contributed by atoms with Crippen LogP contribution >= 0.6 is 0 Å². The van der Waals surface area contributed by atoms with E-state index < -0.39 is 0 Å². The zero-order chi connectivity index (χ0) is 16.0. The molecule has 2 amide bonds. The minimum absolute atomic E-state index is 0.00894. The van der Waals surface area contributed by atoms with Crippen molar-refractivity contribution < 1.29 is 4.79 Å². The summed E-state index contributed by atoms with van der Waals surface area (Å²) in [5, 5.41) is 3.02. The number of hydrogen-bond donors (Lipinski definition) is 2. The number of likely N-dealkylation sites (tertiary alicyclic amines) is 1. The van der Waals surface area contributed by atoms with Gasteiger partial charge in [0.15, 0.2) is 0 Å². The highest BCUT2D eigenvalue weighted by atomic mass is 16.2. The molecule has 6 nitrogen and oxygen atoms in total. The summed E-state index contributed by atoms with van der Waals surface area (Å²) in [5.74, 6) is 0. The number of urea groups is 1. The summed E-state index contributed by atoms with van der Waals surface area (Å²) in [6.07, 6.45) is 5.37. The number of carbonyl (C=O) groups excluding carboxylic acids is 1. The number of aryl methyl sites for hydroxylation is 1. The SMILES string of the molecule is Cn1cnc2cc(CNC(=O)N3CC(N)C4(CCC4)C3)ccc21. The Morgan fingerprint density at radius 1 is 1.48 bits per heavy atom. The molecule has 3 N–H and O–H groups in total. The van der Waals surface area contributed by atoms with Gasteiger partial charge in [-0.2, -0.15) is 0 Å². The Labute approximate surface area is 135 Å². The Kier molecular flexibility index (Phi) is 3.30. The summed E-state index contributed by atoms with van der Waals surface area (Å²) in [6.45, 7) is 1.99. The molecule has 2 heterocycles. The minimum atomic E-state index is -0.00894. The maximum absolute atomic E-state index is 12.4. The van der Waals surface area contributed by atoms with Gasteiger partial charge in [-0.15, -0.1) is 0 Å². The number of amides is 2. The quantitative estimate of drug-likeness (QED) is 0.884. The number of rotatable bonds is 2. The van der Waals surface area contributed by atoms with Crippen LogP contribution in [-0.2, 0) is 13.6 Å². The van der Waals surface area contributed by atoms with Gasteiger partial charge >= 0.3 is 6.03 Å². The molecule has 1 spiro atoms. The second-order valence-electron chi connectivity index (χ2n) is 7.04. The van der Waals surface area contributed by atoms with Gasteiger partial charge in [0.05, 0.1) is 17.4 Å². The normalized spacial score (nSPS) is 22.5. The molecule has 1 aromatic heterocycles. The molecule has 2 aliphatic rings. The number of nitrogens with two attached hydrogens (primary N) is 1. The largest absolute Gasteiger partial charge is 0.334 e. The van der Waals surface area contributed by atoms with Crippen LogP contribution in [-0.4, -0.2) is 39.6 Å². The van der Waals surface area contributed by atoms with Crippen molar-refractivity contribution in [2.24, 2.45) is 18.2 Å². The first kappa shape index (κ1) is 14.5. The van der Waals surface area contributed by atoms with Crippen LogP contribution in [0.3, 0.4) is 0 Å². The van der Waals surface area contributed by atoms with Gasteiger partial charge in [0, 0.05) is 38.1 Å². The molecular formula is C17H23N5O. The highest BCUT2D eigenvalue weighted by molar-refractivity contribution is 5.77. The average Bonchev–Trinajstić information content (AvgIpc) is 3.05. The number of imidazole rings is 1. The van der Waals surface area contributed by atoms with E-state index in [-0.39, 0.29) is 17.5 Å². The zero-order valence-electron chi connectivity index (χ0n) is 13.5. The number of aromatic nitrogens is 2. The van der Waals surface area contributed by atoms with Gasteiger partial charge in [-0.05, 0) is 30.5 Å². The van der Waals surface area contributed by atoms with Gasteiger partial charge in [0.1, 0.15) is 0 Å². The highest BCUT2D eigenvalue weighted by Crippen LogP contribution is 2.47. The fourth-order valence-corrected chi connectivity index (χ4v) is 3.89. The molecule has 23 heavy (non-hydrogen) atoms. The summed E-state index contributed by atoms with van der Waals surface area (Å²) in [7, 11) is 1.98. The summed E-state index contributed by atoms with van der Waals surface area (Å²) in [6, 6.07) is 6.22. The smallest absolute Gasteiger partial charge is 0.317 e. The van der Waals surface area contributed by atoms with E-state index in [1.54, 1.807) is 6.33 Å². The van der Waals surface area contributed by atoms with E-state index in [4.69, 9.17) is 5.73 Å². The van der Waals surface area contributed by atoms with Crippen molar-refractivity contribution in [2.75, 3.05) is 13.1 Å². The highest BCUT2D eigenvalue weighted by Gasteiger charge is 2.49. The molecule has 0 radical (unpaired) electrons. The Bertz CT molecular complexity index is 749. The predicted octanol–water partition coefficient (Wildman–Crippen LogP) is 1.60. The molecule has 1 aliphatic heterocycles. The first-order valence-electron chi connectivity index (χ1n) is 8.26. The Morgan fingerprint density at radius 3 is 3.00 bits per heavy atom. The van der Waals surface area contributed by atoms with Crippen molar-refractivity contribution in [1.29, 1.82) is 0 Å². The fourth-order valence-electron chi connectivity index (χ4n) is 3.89. The van der Waals surface area contributed by atoms with Crippen LogP contribution in [0.2, 0.25) is 0 Å². The Hall–Kier alpha value is -2.08. The number of carbonyl (C=O) groups is 1. The minimum Gasteiger partial charge on any atom is -0.334 e. The third-order valence-electron chi connectivity index (χ3n) is 5.58. The number of nitrogens with zero attached hydrogens (tertiary/aromatic N) is 3. The van der Waals surface area contributed by atoms with Crippen LogP contribution in [0.1, 0.15) is 24.8 Å². The second-order valence-corrected chi connectivity index (χ2v) is 7.04. The van der Waals surface area contributed by atoms with Gasteiger partial charge < -0.3 is 20.5 Å². The van der Waals surface area contributed by atoms with E-state index in [1.165, 1.54) is 6.42 Å². The lowest BCUT2D eigenvalue weighted by atomic mass is 9.66. The third-order valence-corrected chi connectivity index (χ3v) is 5.58. The van der Waals surface area contributed by atoms with E-state index >= 15 is 0 Å². The summed E-state index contributed by atoms with van der Waals surface area (Å²) < 4.78 is 1.99. The van der Waals surface area contributed by atoms with Gasteiger partial charge in [0.2, 0.25) is 0 Å². The molecule has 4 rings (SSSR count). The van der Waals surface area contributed by atoms with Crippen molar-refractivity contribution in [3.05, 3.63) is 30.1 Å². The molecule has 122 valence electrons. The van der Waals surface area contributed by atoms with E-state index in [2.05, 4.69) is 10.3 Å². The van der Waals surface area contributed by atoms with E-state index in [0.717, 1.165) is 36.0 Å². The zero-order valence-corrected chi connectivity index (χ0v) is 13.5. The van der Waals surface area contributed by atoms with Crippen LogP contribution in [0.25, 0.3) is 11.0 Å². The Morgan fingerprint density at radius 2 is 2.30 bits per heavy atom. The van der Waals surface area contributed by atoms with Crippen molar-refractivity contribution >= 4 is 17.1 Å². The molecular weight excluding hydrogens is 290 g/mol. The molecule has 2 aromatic rings. The van der Waals surface area contributed by atoms with Crippen molar-refractivity contribution in [3.8, 4) is 0 Å². The molecule has 6 heteroatoms. The molecule has 1 aliphatic carbocycles. The molecule has 1 saturated carbocycles. The number of nitrogens with one attached hydrogen (secondary N) is 1. The van der Waals surface area contributed by atoms with Gasteiger partial charge in [-0.3, -0.25) is 0 Å². The van der Waals surface area contributed by atoms with Crippen molar-refractivity contribution in [3.63, 3.8) is 0 Å². The van der Waals surface area contributed by atoms with Gasteiger partial charge in [-0.1, -0.05) is 12.5 Å². The van der Waals surface area contributed by atoms with Crippen LogP contribution in [0, 0.1) is 5.41 Å². The Balaban J connectivity index is 1.39. The maximum Gasteiger partial charge on any atom is 0.317 e. The number of fused-ring (bicyclic) bond motifs is 1. The third kappa shape index (κ3) is 2.37. The van der Waals surface area contributed by atoms with Gasteiger partial charge in [0.25, 0.3) is 0 Å². The molecule has 0 bridgehead atoms. The average molecular weight is 313 g/mol. The standard InChI is InChI=1S/C17H23N5O/c1-21-11-20-13-7-12(3-4-14(13)21)8-19-16(23)22-9-15(18)17(10-22)5-2-6-17/h3-4,7,11,15H,2,5-6,8-10,18H2,1H3,(H,19,23). The summed E-state index contributed by atoms with van der Waals surface area (Å²) >= 11 is 0. The first-order chi connectivity index (χ1) is 11.1. The fraction of sp³-hybridized carbons (Fsp3) is 0.529. The predicted molar refractivity (Wildman–Crippen MR) is 88.8 cm³/mol. The molecule has 1 atom stereocenters. The van der Waals surface area contributed by atoms with Crippen LogP contribution in [0.4, 0.5) is 4.79 Å².